The Morgan fingerprint density at radius 2 is 1.93 bits per heavy atom. The van der Waals surface area contributed by atoms with Crippen molar-refractivity contribution in [1.29, 1.82) is 0 Å². The molecule has 0 spiro atoms. The number of aromatic nitrogens is 2. The van der Waals surface area contributed by atoms with Gasteiger partial charge >= 0.3 is 0 Å². The summed E-state index contributed by atoms with van der Waals surface area (Å²) in [5.74, 6) is 2.39. The summed E-state index contributed by atoms with van der Waals surface area (Å²) >= 11 is 0. The first-order valence-corrected chi connectivity index (χ1v) is 10.5. The fourth-order valence-corrected chi connectivity index (χ4v) is 3.84. The number of ether oxygens (including phenoxy) is 2. The van der Waals surface area contributed by atoms with Crippen molar-refractivity contribution in [2.75, 3.05) is 37.8 Å². The van der Waals surface area contributed by atoms with Gasteiger partial charge in [0.1, 0.15) is 0 Å². The largest absolute Gasteiger partial charge is 0.490 e. The molecule has 0 bridgehead atoms. The zero-order valence-corrected chi connectivity index (χ0v) is 17.4. The molecule has 7 nitrogen and oxygen atoms in total. The lowest BCUT2D eigenvalue weighted by Gasteiger charge is -2.18. The first-order valence-electron chi connectivity index (χ1n) is 10.5. The summed E-state index contributed by atoms with van der Waals surface area (Å²) in [5.41, 5.74) is 4.19. The second-order valence-corrected chi connectivity index (χ2v) is 7.07. The van der Waals surface area contributed by atoms with Gasteiger partial charge < -0.3 is 24.0 Å². The van der Waals surface area contributed by atoms with Crippen LogP contribution in [0, 0.1) is 0 Å². The Balaban J connectivity index is 1.63. The molecule has 0 saturated carbocycles. The number of nitrogens with zero attached hydrogens (tertiary/aromatic N) is 3. The molecule has 2 heterocycles. The standard InChI is InChI=1S/C23H27N3O4/c1-3-28-20-10-9-16(15-21(20)29-4-2)23-24-22(25-30-23)18-7-5-8-19-17(18)11-13-26(19)12-6-14-27/h5,7-10,15,27H,3-4,6,11-14H2,1-2H3. The second kappa shape index (κ2) is 9.17. The molecule has 1 N–H and O–H groups in total. The molecule has 3 aromatic rings. The first kappa shape index (κ1) is 20.2. The van der Waals surface area contributed by atoms with E-state index in [1.165, 1.54) is 11.3 Å². The van der Waals surface area contributed by atoms with Crippen LogP contribution in [-0.2, 0) is 6.42 Å². The van der Waals surface area contributed by atoms with E-state index in [4.69, 9.17) is 19.1 Å². The van der Waals surface area contributed by atoms with Crippen molar-refractivity contribution < 1.29 is 19.1 Å². The number of aliphatic hydroxyl groups is 1. The molecule has 0 amide bonds. The van der Waals surface area contributed by atoms with E-state index >= 15 is 0 Å². The van der Waals surface area contributed by atoms with Crippen LogP contribution >= 0.6 is 0 Å². The molecule has 2 aromatic carbocycles. The summed E-state index contributed by atoms with van der Waals surface area (Å²) in [4.78, 5) is 6.96. The van der Waals surface area contributed by atoms with Crippen molar-refractivity contribution in [1.82, 2.24) is 10.1 Å². The fourth-order valence-electron chi connectivity index (χ4n) is 3.84. The fraction of sp³-hybridized carbons (Fsp3) is 0.391. The van der Waals surface area contributed by atoms with Crippen LogP contribution in [0.2, 0.25) is 0 Å². The van der Waals surface area contributed by atoms with Gasteiger partial charge in [0.15, 0.2) is 11.5 Å². The lowest BCUT2D eigenvalue weighted by molar-refractivity contribution is 0.288. The van der Waals surface area contributed by atoms with Crippen molar-refractivity contribution in [3.8, 4) is 34.3 Å². The number of benzene rings is 2. The third-order valence-electron chi connectivity index (χ3n) is 5.17. The van der Waals surface area contributed by atoms with Crippen molar-refractivity contribution >= 4 is 5.69 Å². The summed E-state index contributed by atoms with van der Waals surface area (Å²) in [6, 6.07) is 11.8. The smallest absolute Gasteiger partial charge is 0.258 e. The molecule has 1 aromatic heterocycles. The highest BCUT2D eigenvalue weighted by atomic mass is 16.5. The van der Waals surface area contributed by atoms with Crippen molar-refractivity contribution in [3.63, 3.8) is 0 Å². The molecule has 0 aliphatic carbocycles. The minimum absolute atomic E-state index is 0.200. The second-order valence-electron chi connectivity index (χ2n) is 7.07. The number of anilines is 1. The number of hydrogen-bond acceptors (Lipinski definition) is 7. The number of aliphatic hydroxyl groups excluding tert-OH is 1. The Bertz CT molecular complexity index is 1000. The van der Waals surface area contributed by atoms with Crippen LogP contribution in [0.5, 0.6) is 11.5 Å². The molecule has 0 radical (unpaired) electrons. The first-order chi connectivity index (χ1) is 14.7. The summed E-state index contributed by atoms with van der Waals surface area (Å²) in [6.07, 6.45) is 1.69. The van der Waals surface area contributed by atoms with Gasteiger partial charge in [-0.25, -0.2) is 0 Å². The topological polar surface area (TPSA) is 80.9 Å². The van der Waals surface area contributed by atoms with Crippen molar-refractivity contribution in [3.05, 3.63) is 42.0 Å². The van der Waals surface area contributed by atoms with Gasteiger partial charge in [0.25, 0.3) is 5.89 Å². The average molecular weight is 409 g/mol. The number of rotatable bonds is 9. The van der Waals surface area contributed by atoms with Crippen LogP contribution < -0.4 is 14.4 Å². The molecule has 0 fully saturated rings. The minimum atomic E-state index is 0.200. The number of hydrogen-bond donors (Lipinski definition) is 1. The van der Waals surface area contributed by atoms with E-state index in [2.05, 4.69) is 21.1 Å². The van der Waals surface area contributed by atoms with Gasteiger partial charge in [-0.1, -0.05) is 17.3 Å². The highest BCUT2D eigenvalue weighted by molar-refractivity contribution is 5.73. The van der Waals surface area contributed by atoms with Crippen molar-refractivity contribution in [2.45, 2.75) is 26.7 Å². The molecule has 30 heavy (non-hydrogen) atoms. The highest BCUT2D eigenvalue weighted by Crippen LogP contribution is 2.37. The Kier molecular flexibility index (Phi) is 6.18. The predicted molar refractivity (Wildman–Crippen MR) is 115 cm³/mol. The van der Waals surface area contributed by atoms with E-state index in [0.29, 0.717) is 36.4 Å². The highest BCUT2D eigenvalue weighted by Gasteiger charge is 2.24. The molecule has 4 rings (SSSR count). The lowest BCUT2D eigenvalue weighted by Crippen LogP contribution is -2.22. The van der Waals surface area contributed by atoms with Gasteiger partial charge in [-0.15, -0.1) is 0 Å². The van der Waals surface area contributed by atoms with Crippen LogP contribution in [0.4, 0.5) is 5.69 Å². The summed E-state index contributed by atoms with van der Waals surface area (Å²) in [7, 11) is 0. The Morgan fingerprint density at radius 1 is 1.10 bits per heavy atom. The van der Waals surface area contributed by atoms with Crippen LogP contribution in [0.1, 0.15) is 25.8 Å². The Labute approximate surface area is 176 Å². The summed E-state index contributed by atoms with van der Waals surface area (Å²) in [6.45, 7) is 6.97. The lowest BCUT2D eigenvalue weighted by atomic mass is 10.0. The molecule has 1 aliphatic rings. The summed E-state index contributed by atoms with van der Waals surface area (Å²) in [5, 5.41) is 13.4. The molecule has 0 saturated heterocycles. The van der Waals surface area contributed by atoms with E-state index in [1.807, 2.05) is 44.2 Å². The van der Waals surface area contributed by atoms with E-state index < -0.39 is 0 Å². The van der Waals surface area contributed by atoms with Crippen LogP contribution in [0.25, 0.3) is 22.8 Å². The molecule has 7 heteroatoms. The monoisotopic (exact) mass is 409 g/mol. The van der Waals surface area contributed by atoms with E-state index in [0.717, 1.165) is 37.1 Å². The predicted octanol–water partition coefficient (Wildman–Crippen LogP) is 3.95. The molecule has 1 aliphatic heterocycles. The maximum absolute atomic E-state index is 9.14. The Hall–Kier alpha value is -3.06. The zero-order chi connectivity index (χ0) is 20.9. The van der Waals surface area contributed by atoms with E-state index in [-0.39, 0.29) is 6.61 Å². The zero-order valence-electron chi connectivity index (χ0n) is 17.4. The third kappa shape index (κ3) is 3.98. The summed E-state index contributed by atoms with van der Waals surface area (Å²) < 4.78 is 16.9. The van der Waals surface area contributed by atoms with Crippen molar-refractivity contribution in [2.24, 2.45) is 0 Å². The molecule has 158 valence electrons. The van der Waals surface area contributed by atoms with Gasteiger partial charge in [0.2, 0.25) is 5.82 Å². The van der Waals surface area contributed by atoms with Crippen LogP contribution in [0.3, 0.4) is 0 Å². The van der Waals surface area contributed by atoms with E-state index in [9.17, 15) is 0 Å². The van der Waals surface area contributed by atoms with Gasteiger partial charge in [-0.3, -0.25) is 0 Å². The van der Waals surface area contributed by atoms with Gasteiger partial charge in [0.05, 0.1) is 13.2 Å². The SMILES string of the molecule is CCOc1ccc(-c2nc(-c3cccc4c3CCN4CCCO)no2)cc1OCC. The van der Waals surface area contributed by atoms with Crippen LogP contribution in [-0.4, -0.2) is 48.2 Å². The number of fused-ring (bicyclic) bond motifs is 1. The molecule has 0 unspecified atom stereocenters. The molecule has 0 atom stereocenters. The van der Waals surface area contributed by atoms with E-state index in [1.54, 1.807) is 0 Å². The van der Waals surface area contributed by atoms with Gasteiger partial charge in [-0.2, -0.15) is 4.98 Å². The molecular formula is C23H27N3O4. The minimum Gasteiger partial charge on any atom is -0.490 e. The average Bonchev–Trinajstić information content (AvgIpc) is 3.41. The Morgan fingerprint density at radius 3 is 2.73 bits per heavy atom. The maximum Gasteiger partial charge on any atom is 0.258 e. The quantitative estimate of drug-likeness (QED) is 0.573. The van der Waals surface area contributed by atoms with Crippen LogP contribution in [0.15, 0.2) is 40.9 Å². The maximum atomic E-state index is 9.14. The van der Waals surface area contributed by atoms with Gasteiger partial charge in [0, 0.05) is 36.5 Å². The molecular weight excluding hydrogens is 382 g/mol. The third-order valence-corrected chi connectivity index (χ3v) is 5.17. The van der Waals surface area contributed by atoms with Gasteiger partial charge in [-0.05, 0) is 56.5 Å². The normalized spacial score (nSPS) is 12.8.